The van der Waals surface area contributed by atoms with Crippen LogP contribution in [0.3, 0.4) is 0 Å². The molecule has 0 aliphatic heterocycles. The fraction of sp³-hybridized carbons (Fsp3) is 0.250. The molecule has 0 aliphatic rings. The van der Waals surface area contributed by atoms with E-state index in [4.69, 9.17) is 4.74 Å². The van der Waals surface area contributed by atoms with E-state index in [1.807, 2.05) is 6.07 Å². The molecule has 0 aliphatic carbocycles. The quantitative estimate of drug-likeness (QED) is 0.586. The first-order valence-corrected chi connectivity index (χ1v) is 10.3. The SMILES string of the molecule is CNS(=O)(=O)c1ccc(CCC(=O)OCC(=O)NC(=O)Cc2ccccc2)cc1. The van der Waals surface area contributed by atoms with Gasteiger partial charge in [0.05, 0.1) is 11.3 Å². The van der Waals surface area contributed by atoms with Crippen LogP contribution in [0, 0.1) is 0 Å². The number of imide groups is 1. The van der Waals surface area contributed by atoms with Crippen molar-refractivity contribution in [3.63, 3.8) is 0 Å². The number of hydrogen-bond donors (Lipinski definition) is 2. The van der Waals surface area contributed by atoms with Gasteiger partial charge in [0.25, 0.3) is 5.91 Å². The Bertz CT molecular complexity index is 956. The van der Waals surface area contributed by atoms with E-state index in [2.05, 4.69) is 10.0 Å². The van der Waals surface area contributed by atoms with E-state index in [9.17, 15) is 22.8 Å². The number of carbonyl (C=O) groups excluding carboxylic acids is 3. The zero-order valence-corrected chi connectivity index (χ0v) is 16.7. The van der Waals surface area contributed by atoms with E-state index in [1.165, 1.54) is 19.2 Å². The second-order valence-electron chi connectivity index (χ2n) is 6.15. The van der Waals surface area contributed by atoms with Crippen molar-refractivity contribution < 1.29 is 27.5 Å². The molecule has 0 bridgehead atoms. The standard InChI is InChI=1S/C20H22N2O6S/c1-21-29(26,27)17-10-7-15(8-11-17)9-12-20(25)28-14-19(24)22-18(23)13-16-5-3-2-4-6-16/h2-8,10-11,21H,9,12-14H2,1H3,(H,22,23,24). The van der Waals surface area contributed by atoms with Crippen molar-refractivity contribution >= 4 is 27.8 Å². The van der Waals surface area contributed by atoms with Crippen LogP contribution in [0.1, 0.15) is 17.5 Å². The van der Waals surface area contributed by atoms with E-state index < -0.39 is 34.4 Å². The van der Waals surface area contributed by atoms with Gasteiger partial charge in [0.1, 0.15) is 0 Å². The molecule has 0 atom stereocenters. The van der Waals surface area contributed by atoms with Crippen LogP contribution in [-0.2, 0) is 42.0 Å². The topological polar surface area (TPSA) is 119 Å². The zero-order chi connectivity index (χ0) is 21.3. The van der Waals surface area contributed by atoms with Gasteiger partial charge in [-0.1, -0.05) is 42.5 Å². The normalized spacial score (nSPS) is 10.9. The molecule has 0 radical (unpaired) electrons. The Hall–Kier alpha value is -3.04. The summed E-state index contributed by atoms with van der Waals surface area (Å²) in [5.41, 5.74) is 1.52. The number of carbonyl (C=O) groups is 3. The van der Waals surface area contributed by atoms with Gasteiger partial charge in [-0.3, -0.25) is 19.7 Å². The smallest absolute Gasteiger partial charge is 0.306 e. The lowest BCUT2D eigenvalue weighted by atomic mass is 10.1. The lowest BCUT2D eigenvalue weighted by molar-refractivity contribution is -0.149. The van der Waals surface area contributed by atoms with Crippen molar-refractivity contribution in [3.8, 4) is 0 Å². The van der Waals surface area contributed by atoms with Crippen LogP contribution in [0.15, 0.2) is 59.5 Å². The summed E-state index contributed by atoms with van der Waals surface area (Å²) in [6, 6.07) is 15.0. The van der Waals surface area contributed by atoms with Crippen molar-refractivity contribution in [2.24, 2.45) is 0 Å². The maximum atomic E-state index is 11.8. The van der Waals surface area contributed by atoms with Crippen LogP contribution in [-0.4, -0.2) is 39.9 Å². The molecule has 0 saturated heterocycles. The largest absolute Gasteiger partial charge is 0.456 e. The molecule has 0 aromatic heterocycles. The van der Waals surface area contributed by atoms with Crippen LogP contribution in [0.25, 0.3) is 0 Å². The molecule has 29 heavy (non-hydrogen) atoms. The highest BCUT2D eigenvalue weighted by Gasteiger charge is 2.13. The average Bonchev–Trinajstić information content (AvgIpc) is 2.71. The Kier molecular flexibility index (Phi) is 8.05. The monoisotopic (exact) mass is 418 g/mol. The van der Waals surface area contributed by atoms with Crippen molar-refractivity contribution in [3.05, 3.63) is 65.7 Å². The second kappa shape index (κ2) is 10.5. The highest BCUT2D eigenvalue weighted by Crippen LogP contribution is 2.11. The maximum absolute atomic E-state index is 11.8. The van der Waals surface area contributed by atoms with E-state index in [-0.39, 0.29) is 17.7 Å². The molecule has 2 aromatic rings. The summed E-state index contributed by atoms with van der Waals surface area (Å²) in [5, 5.41) is 2.17. The molecule has 9 heteroatoms. The minimum absolute atomic E-state index is 0.0172. The molecular weight excluding hydrogens is 396 g/mol. The highest BCUT2D eigenvalue weighted by atomic mass is 32.2. The van der Waals surface area contributed by atoms with Gasteiger partial charge in [-0.15, -0.1) is 0 Å². The second-order valence-corrected chi connectivity index (χ2v) is 8.03. The molecule has 0 fully saturated rings. The number of rotatable bonds is 9. The van der Waals surface area contributed by atoms with E-state index in [0.29, 0.717) is 6.42 Å². The highest BCUT2D eigenvalue weighted by molar-refractivity contribution is 7.89. The minimum atomic E-state index is -3.51. The third kappa shape index (κ3) is 7.47. The van der Waals surface area contributed by atoms with Crippen LogP contribution >= 0.6 is 0 Å². The fourth-order valence-electron chi connectivity index (χ4n) is 2.43. The molecule has 8 nitrogen and oxygen atoms in total. The molecular formula is C20H22N2O6S. The summed E-state index contributed by atoms with van der Waals surface area (Å²) in [6.07, 6.45) is 0.399. The molecule has 0 spiro atoms. The van der Waals surface area contributed by atoms with E-state index >= 15 is 0 Å². The van der Waals surface area contributed by atoms with Gasteiger partial charge in [-0.2, -0.15) is 0 Å². The Labute approximate surface area is 169 Å². The molecule has 0 unspecified atom stereocenters. The Morgan fingerprint density at radius 3 is 2.17 bits per heavy atom. The Morgan fingerprint density at radius 1 is 0.897 bits per heavy atom. The fourth-order valence-corrected chi connectivity index (χ4v) is 3.16. The van der Waals surface area contributed by atoms with E-state index in [1.54, 1.807) is 36.4 Å². The van der Waals surface area contributed by atoms with Gasteiger partial charge in [0.15, 0.2) is 6.61 Å². The third-order valence-corrected chi connectivity index (χ3v) is 5.40. The molecule has 154 valence electrons. The lowest BCUT2D eigenvalue weighted by Gasteiger charge is -2.07. The predicted octanol–water partition coefficient (Wildman–Crippen LogP) is 0.956. The molecule has 0 heterocycles. The van der Waals surface area contributed by atoms with Gasteiger partial charge in [0.2, 0.25) is 15.9 Å². The average molecular weight is 418 g/mol. The van der Waals surface area contributed by atoms with Gasteiger partial charge in [-0.05, 0) is 36.7 Å². The predicted molar refractivity (Wildman–Crippen MR) is 105 cm³/mol. The molecule has 0 saturated carbocycles. The number of ether oxygens (including phenoxy) is 1. The summed E-state index contributed by atoms with van der Waals surface area (Å²) in [4.78, 5) is 35.4. The molecule has 2 rings (SSSR count). The van der Waals surface area contributed by atoms with Crippen LogP contribution in [0.4, 0.5) is 0 Å². The van der Waals surface area contributed by atoms with Crippen LogP contribution in [0.5, 0.6) is 0 Å². The van der Waals surface area contributed by atoms with Gasteiger partial charge in [-0.25, -0.2) is 13.1 Å². The summed E-state index contributed by atoms with van der Waals surface area (Å²) in [6.45, 7) is -0.543. The van der Waals surface area contributed by atoms with E-state index in [0.717, 1.165) is 11.1 Å². The lowest BCUT2D eigenvalue weighted by Crippen LogP contribution is -2.35. The zero-order valence-electron chi connectivity index (χ0n) is 15.9. The molecule has 2 aromatic carbocycles. The number of amides is 2. The van der Waals surface area contributed by atoms with Crippen LogP contribution < -0.4 is 10.0 Å². The van der Waals surface area contributed by atoms with Gasteiger partial charge < -0.3 is 4.74 Å². The van der Waals surface area contributed by atoms with Crippen molar-refractivity contribution in [1.29, 1.82) is 0 Å². The van der Waals surface area contributed by atoms with Crippen LogP contribution in [0.2, 0.25) is 0 Å². The maximum Gasteiger partial charge on any atom is 0.306 e. The number of sulfonamides is 1. The summed E-state index contributed by atoms with van der Waals surface area (Å²) < 4.78 is 30.4. The number of esters is 1. The Morgan fingerprint density at radius 2 is 1.55 bits per heavy atom. The van der Waals surface area contributed by atoms with Crippen molar-refractivity contribution in [2.45, 2.75) is 24.2 Å². The number of aryl methyl sites for hydroxylation is 1. The first kappa shape index (κ1) is 22.3. The summed E-state index contributed by atoms with van der Waals surface area (Å²) in [7, 11) is -2.18. The number of nitrogens with one attached hydrogen (secondary N) is 2. The molecule has 2 amide bonds. The molecule has 2 N–H and O–H groups in total. The first-order chi connectivity index (χ1) is 13.8. The Balaban J connectivity index is 1.71. The number of benzene rings is 2. The first-order valence-electron chi connectivity index (χ1n) is 8.85. The van der Waals surface area contributed by atoms with Gasteiger partial charge >= 0.3 is 5.97 Å². The number of hydrogen-bond acceptors (Lipinski definition) is 6. The van der Waals surface area contributed by atoms with Crippen molar-refractivity contribution in [1.82, 2.24) is 10.0 Å². The third-order valence-electron chi connectivity index (χ3n) is 3.97. The summed E-state index contributed by atoms with van der Waals surface area (Å²) >= 11 is 0. The minimum Gasteiger partial charge on any atom is -0.456 e. The summed E-state index contributed by atoms with van der Waals surface area (Å²) in [5.74, 6) is -1.77. The van der Waals surface area contributed by atoms with Crippen molar-refractivity contribution in [2.75, 3.05) is 13.7 Å². The van der Waals surface area contributed by atoms with Gasteiger partial charge in [0, 0.05) is 6.42 Å².